The molecule has 0 atom stereocenters. The number of hydrogen-bond acceptors (Lipinski definition) is 5. The first kappa shape index (κ1) is 24.8. The summed E-state index contributed by atoms with van der Waals surface area (Å²) in [5.74, 6) is 0.683. The molecule has 36 heavy (non-hydrogen) atoms. The van der Waals surface area contributed by atoms with Crippen molar-refractivity contribution in [3.05, 3.63) is 95.0 Å². The summed E-state index contributed by atoms with van der Waals surface area (Å²) in [6.45, 7) is 2.86. The van der Waals surface area contributed by atoms with Crippen molar-refractivity contribution in [3.63, 3.8) is 0 Å². The lowest BCUT2D eigenvalue weighted by Gasteiger charge is -2.09. The van der Waals surface area contributed by atoms with Crippen molar-refractivity contribution in [3.8, 4) is 28.8 Å². The number of aromatic nitrogens is 2. The number of para-hydroxylation sites is 1. The van der Waals surface area contributed by atoms with E-state index in [9.17, 15) is 10.1 Å². The number of furan rings is 1. The van der Waals surface area contributed by atoms with Crippen molar-refractivity contribution in [2.75, 3.05) is 6.61 Å². The average molecular weight is 501 g/mol. The number of amides is 1. The Kier molecular flexibility index (Phi) is 8.22. The van der Waals surface area contributed by atoms with E-state index in [2.05, 4.69) is 12.2 Å². The summed E-state index contributed by atoms with van der Waals surface area (Å²) >= 11 is 6.51. The molecule has 0 fully saturated rings. The molecule has 8 heteroatoms. The van der Waals surface area contributed by atoms with Crippen molar-refractivity contribution in [1.29, 1.82) is 5.26 Å². The van der Waals surface area contributed by atoms with E-state index in [-0.39, 0.29) is 12.1 Å². The van der Waals surface area contributed by atoms with E-state index in [0.29, 0.717) is 34.4 Å². The number of nitrogens with one attached hydrogen (secondary N) is 1. The van der Waals surface area contributed by atoms with E-state index >= 15 is 0 Å². The molecule has 182 valence electrons. The number of carbonyl (C=O) groups is 1. The van der Waals surface area contributed by atoms with Gasteiger partial charge in [0.05, 0.1) is 30.1 Å². The van der Waals surface area contributed by atoms with Gasteiger partial charge in [0.15, 0.2) is 0 Å². The van der Waals surface area contributed by atoms with Crippen LogP contribution in [0.2, 0.25) is 5.02 Å². The number of ether oxygens (including phenoxy) is 1. The van der Waals surface area contributed by atoms with E-state index in [0.717, 1.165) is 24.1 Å². The van der Waals surface area contributed by atoms with Crippen molar-refractivity contribution >= 4 is 23.6 Å². The van der Waals surface area contributed by atoms with Gasteiger partial charge in [-0.2, -0.15) is 10.4 Å². The molecule has 2 aromatic carbocycles. The number of benzene rings is 2. The van der Waals surface area contributed by atoms with Gasteiger partial charge in [-0.05, 0) is 55.0 Å². The molecule has 7 nitrogen and oxygen atoms in total. The molecule has 1 amide bonds. The van der Waals surface area contributed by atoms with Gasteiger partial charge in [0.2, 0.25) is 0 Å². The lowest BCUT2D eigenvalue weighted by Crippen LogP contribution is -2.23. The number of nitriles is 1. The highest BCUT2D eigenvalue weighted by molar-refractivity contribution is 6.32. The molecule has 0 aliphatic heterocycles. The number of carbonyl (C=O) groups excluding carboxylic acids is 1. The predicted molar refractivity (Wildman–Crippen MR) is 139 cm³/mol. The Morgan fingerprint density at radius 2 is 2.06 bits per heavy atom. The third kappa shape index (κ3) is 6.04. The van der Waals surface area contributed by atoms with Crippen molar-refractivity contribution < 1.29 is 13.9 Å². The highest BCUT2D eigenvalue weighted by atomic mass is 35.5. The maximum Gasteiger partial charge on any atom is 0.262 e. The Morgan fingerprint density at radius 3 is 2.75 bits per heavy atom. The van der Waals surface area contributed by atoms with Crippen LogP contribution >= 0.6 is 11.6 Å². The van der Waals surface area contributed by atoms with Crippen LogP contribution < -0.4 is 10.1 Å². The van der Waals surface area contributed by atoms with Crippen LogP contribution in [0.25, 0.3) is 23.0 Å². The van der Waals surface area contributed by atoms with Crippen LogP contribution in [-0.4, -0.2) is 22.3 Å². The summed E-state index contributed by atoms with van der Waals surface area (Å²) in [5, 5.41) is 17.6. The molecule has 1 N–H and O–H groups in total. The minimum absolute atomic E-state index is 0.0546. The summed E-state index contributed by atoms with van der Waals surface area (Å²) in [5.41, 5.74) is 2.69. The molecule has 2 heterocycles. The minimum atomic E-state index is -0.509. The summed E-state index contributed by atoms with van der Waals surface area (Å²) in [4.78, 5) is 12.7. The molecule has 2 aromatic heterocycles. The Morgan fingerprint density at radius 1 is 1.22 bits per heavy atom. The van der Waals surface area contributed by atoms with E-state index in [1.807, 2.05) is 48.5 Å². The minimum Gasteiger partial charge on any atom is -0.492 e. The normalized spacial score (nSPS) is 11.2. The zero-order chi connectivity index (χ0) is 25.3. The fourth-order valence-electron chi connectivity index (χ4n) is 3.50. The molecule has 0 aliphatic rings. The second-order valence-corrected chi connectivity index (χ2v) is 8.40. The molecule has 0 unspecified atom stereocenters. The van der Waals surface area contributed by atoms with Crippen LogP contribution in [0, 0.1) is 11.3 Å². The fourth-order valence-corrected chi connectivity index (χ4v) is 3.74. The largest absolute Gasteiger partial charge is 0.492 e. The van der Waals surface area contributed by atoms with E-state index in [1.54, 1.807) is 29.1 Å². The van der Waals surface area contributed by atoms with E-state index in [4.69, 9.17) is 25.9 Å². The Labute approximate surface area is 214 Å². The Bertz CT molecular complexity index is 1390. The van der Waals surface area contributed by atoms with Gasteiger partial charge in [0, 0.05) is 17.3 Å². The fraction of sp³-hybridized carbons (Fsp3) is 0.179. The molecule has 4 rings (SSSR count). The smallest absolute Gasteiger partial charge is 0.262 e. The summed E-state index contributed by atoms with van der Waals surface area (Å²) < 4.78 is 12.7. The number of rotatable bonds is 10. The predicted octanol–water partition coefficient (Wildman–Crippen LogP) is 6.19. The van der Waals surface area contributed by atoms with Crippen LogP contribution in [0.3, 0.4) is 0 Å². The van der Waals surface area contributed by atoms with Crippen molar-refractivity contribution in [2.45, 2.75) is 26.3 Å². The van der Waals surface area contributed by atoms with Crippen LogP contribution in [-0.2, 0) is 11.3 Å². The summed E-state index contributed by atoms with van der Waals surface area (Å²) in [6, 6.07) is 20.5. The summed E-state index contributed by atoms with van der Waals surface area (Å²) in [6.07, 6.45) is 6.80. The molecule has 0 saturated carbocycles. The number of nitrogens with zero attached hydrogens (tertiary/aromatic N) is 3. The standard InChI is InChI=1S/C28H25ClN4O3/c1-2-3-13-36-26-12-11-20(16-25(26)29)27-22(19-33(32-27)23-8-5-4-6-9-23)15-21(17-30)28(34)31-18-24-10-7-14-35-24/h4-12,14-16,19H,2-3,13,18H2,1H3,(H,31,34)/b21-15-. The maximum atomic E-state index is 12.7. The molecule has 0 saturated heterocycles. The molecule has 0 radical (unpaired) electrons. The molecular weight excluding hydrogens is 476 g/mol. The van der Waals surface area contributed by atoms with Gasteiger partial charge in [-0.15, -0.1) is 0 Å². The lowest BCUT2D eigenvalue weighted by atomic mass is 10.1. The Balaban J connectivity index is 1.68. The second kappa shape index (κ2) is 11.9. The highest BCUT2D eigenvalue weighted by Crippen LogP contribution is 2.32. The van der Waals surface area contributed by atoms with E-state index in [1.165, 1.54) is 12.3 Å². The maximum absolute atomic E-state index is 12.7. The topological polar surface area (TPSA) is 93.1 Å². The molecular formula is C28H25ClN4O3. The number of halogens is 1. The SMILES string of the molecule is CCCCOc1ccc(-c2nn(-c3ccccc3)cc2/C=C(/C#N)C(=O)NCc2ccco2)cc1Cl. The monoisotopic (exact) mass is 500 g/mol. The second-order valence-electron chi connectivity index (χ2n) is 7.99. The zero-order valence-electron chi connectivity index (χ0n) is 19.8. The van der Waals surface area contributed by atoms with Gasteiger partial charge >= 0.3 is 0 Å². The quantitative estimate of drug-likeness (QED) is 0.159. The first-order valence-corrected chi connectivity index (χ1v) is 12.0. The van der Waals surface area contributed by atoms with Crippen LogP contribution in [0.15, 0.2) is 83.1 Å². The third-order valence-corrected chi connectivity index (χ3v) is 5.69. The molecule has 0 spiro atoms. The van der Waals surface area contributed by atoms with Gasteiger partial charge in [-0.3, -0.25) is 4.79 Å². The summed E-state index contributed by atoms with van der Waals surface area (Å²) in [7, 11) is 0. The average Bonchev–Trinajstić information content (AvgIpc) is 3.58. The van der Waals surface area contributed by atoms with Gasteiger partial charge in [0.25, 0.3) is 5.91 Å². The van der Waals surface area contributed by atoms with Crippen molar-refractivity contribution in [2.24, 2.45) is 0 Å². The van der Waals surface area contributed by atoms with Gasteiger partial charge in [-0.1, -0.05) is 43.1 Å². The van der Waals surface area contributed by atoms with Gasteiger partial charge < -0.3 is 14.5 Å². The first-order valence-electron chi connectivity index (χ1n) is 11.6. The molecule has 4 aromatic rings. The number of hydrogen-bond donors (Lipinski definition) is 1. The lowest BCUT2D eigenvalue weighted by molar-refractivity contribution is -0.117. The highest BCUT2D eigenvalue weighted by Gasteiger charge is 2.16. The molecule has 0 aliphatic carbocycles. The third-order valence-electron chi connectivity index (χ3n) is 5.39. The molecule has 0 bridgehead atoms. The Hall–Kier alpha value is -4.28. The number of unbranched alkanes of at least 4 members (excludes halogenated alkanes) is 1. The van der Waals surface area contributed by atoms with Crippen LogP contribution in [0.1, 0.15) is 31.1 Å². The zero-order valence-corrected chi connectivity index (χ0v) is 20.5. The van der Waals surface area contributed by atoms with E-state index < -0.39 is 5.91 Å². The van der Waals surface area contributed by atoms with Crippen molar-refractivity contribution in [1.82, 2.24) is 15.1 Å². The van der Waals surface area contributed by atoms with Crippen LogP contribution in [0.4, 0.5) is 0 Å². The first-order chi connectivity index (χ1) is 17.6. The van der Waals surface area contributed by atoms with Gasteiger partial charge in [0.1, 0.15) is 28.8 Å². The van der Waals surface area contributed by atoms with Crippen LogP contribution in [0.5, 0.6) is 5.75 Å². The van der Waals surface area contributed by atoms with Gasteiger partial charge in [-0.25, -0.2) is 4.68 Å².